The number of aryl methyl sites for hydroxylation is 1. The van der Waals surface area contributed by atoms with Gasteiger partial charge in [-0.1, -0.05) is 44.7 Å². The zero-order valence-corrected chi connectivity index (χ0v) is 11.2. The van der Waals surface area contributed by atoms with Crippen molar-refractivity contribution >= 4 is 5.97 Å². The minimum Gasteiger partial charge on any atom is -0.426 e. The van der Waals surface area contributed by atoms with E-state index in [0.717, 1.165) is 38.5 Å². The molecule has 2 nitrogen and oxygen atoms in total. The Morgan fingerprint density at radius 1 is 1.17 bits per heavy atom. The fraction of sp³-hybridized carbons (Fsp3) is 0.562. The van der Waals surface area contributed by atoms with E-state index in [2.05, 4.69) is 6.92 Å². The van der Waals surface area contributed by atoms with Gasteiger partial charge in [-0.15, -0.1) is 0 Å². The predicted octanol–water partition coefficient (Wildman–Crippen LogP) is 4.12. The molecule has 0 radical (unpaired) electrons. The molecule has 2 heteroatoms. The smallest absolute Gasteiger partial charge is 0.314 e. The third-order valence-corrected chi connectivity index (χ3v) is 3.62. The van der Waals surface area contributed by atoms with Gasteiger partial charge >= 0.3 is 5.97 Å². The van der Waals surface area contributed by atoms with Crippen LogP contribution in [0.4, 0.5) is 0 Å². The zero-order chi connectivity index (χ0) is 12.8. The molecule has 1 aliphatic carbocycles. The second kappa shape index (κ2) is 6.58. The molecule has 0 atom stereocenters. The van der Waals surface area contributed by atoms with Gasteiger partial charge < -0.3 is 4.74 Å². The van der Waals surface area contributed by atoms with E-state index in [4.69, 9.17) is 4.74 Å². The van der Waals surface area contributed by atoms with Crippen LogP contribution in [0.25, 0.3) is 0 Å². The molecular weight excluding hydrogens is 224 g/mol. The van der Waals surface area contributed by atoms with Crippen LogP contribution in [-0.4, -0.2) is 5.97 Å². The van der Waals surface area contributed by atoms with Gasteiger partial charge in [0.2, 0.25) is 0 Å². The van der Waals surface area contributed by atoms with Crippen LogP contribution in [0, 0.1) is 5.92 Å². The van der Waals surface area contributed by atoms with Crippen molar-refractivity contribution in [1.29, 1.82) is 0 Å². The minimum atomic E-state index is -0.0436. The number of carbonyl (C=O) groups is 1. The SMILES string of the molecule is CCCc1ccc(OC(=O)C2CCCCC2)cc1. The Kier molecular flexibility index (Phi) is 4.80. The molecule has 1 saturated carbocycles. The Hall–Kier alpha value is -1.31. The second-order valence-corrected chi connectivity index (χ2v) is 5.15. The predicted molar refractivity (Wildman–Crippen MR) is 72.6 cm³/mol. The number of hydrogen-bond acceptors (Lipinski definition) is 2. The molecule has 0 aromatic heterocycles. The molecule has 0 spiro atoms. The fourth-order valence-corrected chi connectivity index (χ4v) is 2.55. The van der Waals surface area contributed by atoms with Gasteiger partial charge in [0.1, 0.15) is 5.75 Å². The van der Waals surface area contributed by atoms with E-state index in [1.54, 1.807) is 0 Å². The van der Waals surface area contributed by atoms with Crippen molar-refractivity contribution in [3.63, 3.8) is 0 Å². The summed E-state index contributed by atoms with van der Waals surface area (Å²) >= 11 is 0. The quantitative estimate of drug-likeness (QED) is 0.590. The van der Waals surface area contributed by atoms with E-state index in [1.165, 1.54) is 12.0 Å². The van der Waals surface area contributed by atoms with Gasteiger partial charge in [-0.05, 0) is 37.0 Å². The maximum atomic E-state index is 12.0. The third kappa shape index (κ3) is 3.59. The lowest BCUT2D eigenvalue weighted by atomic mass is 9.89. The summed E-state index contributed by atoms with van der Waals surface area (Å²) in [5.74, 6) is 0.762. The highest BCUT2D eigenvalue weighted by atomic mass is 16.5. The van der Waals surface area contributed by atoms with Crippen LogP contribution >= 0.6 is 0 Å². The zero-order valence-electron chi connectivity index (χ0n) is 11.2. The molecule has 0 N–H and O–H groups in total. The van der Waals surface area contributed by atoms with E-state index in [9.17, 15) is 4.79 Å². The molecule has 0 amide bonds. The number of ether oxygens (including phenoxy) is 1. The van der Waals surface area contributed by atoms with Crippen LogP contribution in [0.2, 0.25) is 0 Å². The normalized spacial score (nSPS) is 16.5. The van der Waals surface area contributed by atoms with E-state index in [-0.39, 0.29) is 11.9 Å². The molecule has 98 valence electrons. The number of benzene rings is 1. The summed E-state index contributed by atoms with van der Waals surface area (Å²) in [5.41, 5.74) is 1.30. The largest absolute Gasteiger partial charge is 0.426 e. The van der Waals surface area contributed by atoms with Gasteiger partial charge in [0.15, 0.2) is 0 Å². The van der Waals surface area contributed by atoms with Crippen molar-refractivity contribution in [2.75, 3.05) is 0 Å². The van der Waals surface area contributed by atoms with Gasteiger partial charge in [-0.2, -0.15) is 0 Å². The number of hydrogen-bond donors (Lipinski definition) is 0. The average Bonchev–Trinajstić information content (AvgIpc) is 2.42. The fourth-order valence-electron chi connectivity index (χ4n) is 2.55. The molecule has 1 aromatic carbocycles. The maximum Gasteiger partial charge on any atom is 0.314 e. The van der Waals surface area contributed by atoms with Gasteiger partial charge in [-0.3, -0.25) is 4.79 Å². The standard InChI is InChI=1S/C16H22O2/c1-2-6-13-9-11-15(12-10-13)18-16(17)14-7-4-3-5-8-14/h9-12,14H,2-8H2,1H3. The molecule has 18 heavy (non-hydrogen) atoms. The Labute approximate surface area is 109 Å². The van der Waals surface area contributed by atoms with Crippen LogP contribution in [0.1, 0.15) is 51.0 Å². The van der Waals surface area contributed by atoms with Crippen LogP contribution in [0.15, 0.2) is 24.3 Å². The van der Waals surface area contributed by atoms with Gasteiger partial charge in [0.25, 0.3) is 0 Å². The van der Waals surface area contributed by atoms with Crippen molar-refractivity contribution in [2.45, 2.75) is 51.9 Å². The monoisotopic (exact) mass is 246 g/mol. The first-order chi connectivity index (χ1) is 8.79. The van der Waals surface area contributed by atoms with Crippen molar-refractivity contribution in [3.8, 4) is 5.75 Å². The molecule has 1 fully saturated rings. The summed E-state index contributed by atoms with van der Waals surface area (Å²) in [6, 6.07) is 7.91. The molecule has 0 unspecified atom stereocenters. The van der Waals surface area contributed by atoms with Crippen LogP contribution in [0.5, 0.6) is 5.75 Å². The van der Waals surface area contributed by atoms with E-state index >= 15 is 0 Å². The van der Waals surface area contributed by atoms with Crippen LogP contribution in [0.3, 0.4) is 0 Å². The number of carbonyl (C=O) groups excluding carboxylic acids is 1. The first-order valence-corrected chi connectivity index (χ1v) is 7.10. The topological polar surface area (TPSA) is 26.3 Å². The second-order valence-electron chi connectivity index (χ2n) is 5.15. The summed E-state index contributed by atoms with van der Waals surface area (Å²) in [4.78, 5) is 12.0. The molecular formula is C16H22O2. The van der Waals surface area contributed by atoms with Crippen molar-refractivity contribution in [2.24, 2.45) is 5.92 Å². The number of rotatable bonds is 4. The molecule has 0 bridgehead atoms. The minimum absolute atomic E-state index is 0.0436. The van der Waals surface area contributed by atoms with E-state index < -0.39 is 0 Å². The highest BCUT2D eigenvalue weighted by Crippen LogP contribution is 2.25. The van der Waals surface area contributed by atoms with E-state index in [1.807, 2.05) is 24.3 Å². The van der Waals surface area contributed by atoms with Gasteiger partial charge in [0, 0.05) is 0 Å². The third-order valence-electron chi connectivity index (χ3n) is 3.62. The van der Waals surface area contributed by atoms with Crippen molar-refractivity contribution < 1.29 is 9.53 Å². The summed E-state index contributed by atoms with van der Waals surface area (Å²) in [6.07, 6.45) is 7.79. The lowest BCUT2D eigenvalue weighted by molar-refractivity contribution is -0.139. The highest BCUT2D eigenvalue weighted by Gasteiger charge is 2.22. The van der Waals surface area contributed by atoms with Gasteiger partial charge in [0.05, 0.1) is 5.92 Å². The first-order valence-electron chi connectivity index (χ1n) is 7.10. The van der Waals surface area contributed by atoms with Crippen LogP contribution in [-0.2, 0) is 11.2 Å². The Bertz CT molecular complexity index is 375. The summed E-state index contributed by atoms with van der Waals surface area (Å²) in [7, 11) is 0. The summed E-state index contributed by atoms with van der Waals surface area (Å²) in [5, 5.41) is 0. The lowest BCUT2D eigenvalue weighted by Gasteiger charge is -2.19. The molecule has 1 aliphatic rings. The molecule has 0 aliphatic heterocycles. The molecule has 0 saturated heterocycles. The summed E-state index contributed by atoms with van der Waals surface area (Å²) < 4.78 is 5.45. The average molecular weight is 246 g/mol. The number of esters is 1. The van der Waals surface area contributed by atoms with Crippen molar-refractivity contribution in [1.82, 2.24) is 0 Å². The lowest BCUT2D eigenvalue weighted by Crippen LogP contribution is -2.22. The Balaban J connectivity index is 1.89. The molecule has 1 aromatic rings. The Morgan fingerprint density at radius 3 is 2.44 bits per heavy atom. The molecule has 0 heterocycles. The highest BCUT2D eigenvalue weighted by molar-refractivity contribution is 5.75. The van der Waals surface area contributed by atoms with Crippen LogP contribution < -0.4 is 4.74 Å². The van der Waals surface area contributed by atoms with E-state index in [0.29, 0.717) is 5.75 Å². The first kappa shape index (κ1) is 13.1. The van der Waals surface area contributed by atoms with Gasteiger partial charge in [-0.25, -0.2) is 0 Å². The Morgan fingerprint density at radius 2 is 1.83 bits per heavy atom. The maximum absolute atomic E-state index is 12.0. The molecule has 2 rings (SSSR count). The summed E-state index contributed by atoms with van der Waals surface area (Å²) in [6.45, 7) is 2.16. The van der Waals surface area contributed by atoms with Crippen molar-refractivity contribution in [3.05, 3.63) is 29.8 Å².